The normalized spacial score (nSPS) is 14.0. The van der Waals surface area contributed by atoms with Gasteiger partial charge in [0.05, 0.1) is 10.8 Å². The molecule has 7 heteroatoms. The maximum absolute atomic E-state index is 13.1. The molecule has 0 fully saturated rings. The van der Waals surface area contributed by atoms with E-state index in [0.29, 0.717) is 5.56 Å². The number of nitrogens with one attached hydrogen (secondary N) is 2. The van der Waals surface area contributed by atoms with Crippen molar-refractivity contribution >= 4 is 21.6 Å². The Labute approximate surface area is 139 Å². The molecule has 0 unspecified atom stereocenters. The molecule has 0 saturated heterocycles. The van der Waals surface area contributed by atoms with E-state index in [2.05, 4.69) is 10.0 Å². The van der Waals surface area contributed by atoms with Gasteiger partial charge in [-0.3, -0.25) is 0 Å². The molecule has 23 heavy (non-hydrogen) atoms. The van der Waals surface area contributed by atoms with Crippen LogP contribution >= 0.6 is 11.6 Å². The van der Waals surface area contributed by atoms with E-state index in [9.17, 15) is 12.8 Å². The van der Waals surface area contributed by atoms with E-state index in [-0.39, 0.29) is 17.3 Å². The van der Waals surface area contributed by atoms with Crippen LogP contribution in [0.5, 0.6) is 0 Å². The summed E-state index contributed by atoms with van der Waals surface area (Å²) >= 11 is 5.67. The maximum atomic E-state index is 13.1. The molecule has 0 bridgehead atoms. The molecule has 0 aromatic heterocycles. The second-order valence-corrected chi connectivity index (χ2v) is 7.75. The highest BCUT2D eigenvalue weighted by Gasteiger charge is 2.14. The number of sulfonamides is 1. The van der Waals surface area contributed by atoms with Gasteiger partial charge in [0.2, 0.25) is 10.0 Å². The predicted octanol–water partition coefficient (Wildman–Crippen LogP) is 2.70. The van der Waals surface area contributed by atoms with E-state index in [0.717, 1.165) is 18.7 Å². The topological polar surface area (TPSA) is 58.2 Å². The maximum Gasteiger partial charge on any atom is 0.216 e. The Kier molecular flexibility index (Phi) is 4.68. The highest BCUT2D eigenvalue weighted by Crippen LogP contribution is 2.19. The van der Waals surface area contributed by atoms with Crippen LogP contribution in [0.25, 0.3) is 0 Å². The van der Waals surface area contributed by atoms with Gasteiger partial charge in [-0.15, -0.1) is 0 Å². The fourth-order valence-electron chi connectivity index (χ4n) is 2.55. The molecule has 1 heterocycles. The monoisotopic (exact) mass is 354 g/mol. The molecule has 3 rings (SSSR count). The lowest BCUT2D eigenvalue weighted by Crippen LogP contribution is -2.24. The van der Waals surface area contributed by atoms with E-state index in [1.165, 1.54) is 29.3 Å². The summed E-state index contributed by atoms with van der Waals surface area (Å²) in [6.07, 6.45) is 0. The molecule has 0 spiro atoms. The van der Waals surface area contributed by atoms with Crippen LogP contribution in [-0.2, 0) is 35.4 Å². The van der Waals surface area contributed by atoms with Crippen molar-refractivity contribution in [1.82, 2.24) is 10.0 Å². The van der Waals surface area contributed by atoms with Crippen molar-refractivity contribution in [3.05, 3.63) is 69.5 Å². The molecule has 0 saturated carbocycles. The van der Waals surface area contributed by atoms with Crippen LogP contribution in [-0.4, -0.2) is 8.42 Å². The average Bonchev–Trinajstić information content (AvgIpc) is 2.96. The number of benzene rings is 2. The first-order valence-corrected chi connectivity index (χ1v) is 9.19. The highest BCUT2D eigenvalue weighted by atomic mass is 35.5. The molecular weight excluding hydrogens is 339 g/mol. The summed E-state index contributed by atoms with van der Waals surface area (Å²) in [6, 6.07) is 9.85. The molecule has 2 aromatic carbocycles. The van der Waals surface area contributed by atoms with Gasteiger partial charge < -0.3 is 5.32 Å². The van der Waals surface area contributed by atoms with E-state index in [1.807, 2.05) is 18.2 Å². The third-order valence-electron chi connectivity index (χ3n) is 3.74. The Bertz CT molecular complexity index is 840. The molecule has 4 nitrogen and oxygen atoms in total. The Morgan fingerprint density at radius 2 is 1.83 bits per heavy atom. The Balaban J connectivity index is 1.65. The van der Waals surface area contributed by atoms with Gasteiger partial charge in [-0.1, -0.05) is 35.9 Å². The molecule has 2 N–H and O–H groups in total. The first kappa shape index (κ1) is 16.4. The van der Waals surface area contributed by atoms with Crippen LogP contribution in [0.3, 0.4) is 0 Å². The van der Waals surface area contributed by atoms with Gasteiger partial charge in [0.25, 0.3) is 0 Å². The van der Waals surface area contributed by atoms with E-state index < -0.39 is 15.8 Å². The van der Waals surface area contributed by atoms with E-state index in [1.54, 1.807) is 0 Å². The van der Waals surface area contributed by atoms with Crippen LogP contribution in [0.15, 0.2) is 36.4 Å². The third kappa shape index (κ3) is 4.09. The van der Waals surface area contributed by atoms with Crippen LogP contribution in [0, 0.1) is 5.82 Å². The quantitative estimate of drug-likeness (QED) is 0.868. The lowest BCUT2D eigenvalue weighted by Gasteiger charge is -2.09. The molecule has 122 valence electrons. The second kappa shape index (κ2) is 6.57. The van der Waals surface area contributed by atoms with Crippen molar-refractivity contribution < 1.29 is 12.8 Å². The summed E-state index contributed by atoms with van der Waals surface area (Å²) < 4.78 is 40.0. The third-order valence-corrected chi connectivity index (χ3v) is 5.33. The number of fused-ring (bicyclic) bond motifs is 1. The highest BCUT2D eigenvalue weighted by molar-refractivity contribution is 7.88. The van der Waals surface area contributed by atoms with Gasteiger partial charge in [0.1, 0.15) is 5.82 Å². The van der Waals surface area contributed by atoms with Crippen LogP contribution in [0.1, 0.15) is 22.3 Å². The Hall–Kier alpha value is -1.47. The Morgan fingerprint density at radius 3 is 2.61 bits per heavy atom. The minimum absolute atomic E-state index is 0.0798. The summed E-state index contributed by atoms with van der Waals surface area (Å²) in [5.74, 6) is -0.799. The van der Waals surface area contributed by atoms with Gasteiger partial charge in [-0.05, 0) is 34.4 Å². The number of rotatable bonds is 5. The SMILES string of the molecule is O=S(=O)(Cc1ccc(F)c(Cl)c1)NCc1ccc2c(c1)CNC2. The smallest absolute Gasteiger partial charge is 0.216 e. The Morgan fingerprint density at radius 1 is 1.09 bits per heavy atom. The average molecular weight is 355 g/mol. The molecule has 1 aliphatic heterocycles. The first-order chi connectivity index (χ1) is 10.9. The van der Waals surface area contributed by atoms with Crippen LogP contribution in [0.2, 0.25) is 5.02 Å². The van der Waals surface area contributed by atoms with Crippen LogP contribution in [0.4, 0.5) is 4.39 Å². The summed E-state index contributed by atoms with van der Waals surface area (Å²) in [5.41, 5.74) is 3.81. The van der Waals surface area contributed by atoms with Crippen molar-refractivity contribution in [2.75, 3.05) is 0 Å². The summed E-state index contributed by atoms with van der Waals surface area (Å²) in [7, 11) is -3.52. The summed E-state index contributed by atoms with van der Waals surface area (Å²) in [4.78, 5) is 0. The predicted molar refractivity (Wildman–Crippen MR) is 87.9 cm³/mol. The molecule has 0 radical (unpaired) electrons. The lowest BCUT2D eigenvalue weighted by atomic mass is 10.1. The van der Waals surface area contributed by atoms with Crippen molar-refractivity contribution in [3.63, 3.8) is 0 Å². The number of hydrogen-bond acceptors (Lipinski definition) is 3. The van der Waals surface area contributed by atoms with E-state index in [4.69, 9.17) is 11.6 Å². The number of halogens is 2. The van der Waals surface area contributed by atoms with Gasteiger partial charge in [0.15, 0.2) is 0 Å². The first-order valence-electron chi connectivity index (χ1n) is 7.16. The van der Waals surface area contributed by atoms with Gasteiger partial charge in [0, 0.05) is 19.6 Å². The van der Waals surface area contributed by atoms with Crippen molar-refractivity contribution in [2.24, 2.45) is 0 Å². The molecule has 0 atom stereocenters. The molecule has 1 aliphatic rings. The fourth-order valence-corrected chi connectivity index (χ4v) is 3.86. The molecule has 0 aliphatic carbocycles. The van der Waals surface area contributed by atoms with Gasteiger partial charge >= 0.3 is 0 Å². The lowest BCUT2D eigenvalue weighted by molar-refractivity contribution is 0.580. The fraction of sp³-hybridized carbons (Fsp3) is 0.250. The number of hydrogen-bond donors (Lipinski definition) is 2. The van der Waals surface area contributed by atoms with E-state index >= 15 is 0 Å². The zero-order valence-electron chi connectivity index (χ0n) is 12.3. The molecule has 2 aromatic rings. The molecular formula is C16H16ClFN2O2S. The largest absolute Gasteiger partial charge is 0.309 e. The van der Waals surface area contributed by atoms with Gasteiger partial charge in [-0.2, -0.15) is 0 Å². The molecule has 0 amide bonds. The minimum atomic E-state index is -3.52. The summed E-state index contributed by atoms with van der Waals surface area (Å²) in [5, 5.41) is 3.17. The van der Waals surface area contributed by atoms with Crippen LogP contribution < -0.4 is 10.0 Å². The zero-order valence-corrected chi connectivity index (χ0v) is 13.8. The van der Waals surface area contributed by atoms with Crippen molar-refractivity contribution in [2.45, 2.75) is 25.4 Å². The minimum Gasteiger partial charge on any atom is -0.309 e. The summed E-state index contributed by atoms with van der Waals surface area (Å²) in [6.45, 7) is 1.89. The standard InChI is InChI=1S/C16H16ClFN2O2S/c17-15-6-12(2-4-16(15)18)10-23(21,22)20-7-11-1-3-13-8-19-9-14(13)5-11/h1-6,19-20H,7-10H2. The van der Waals surface area contributed by atoms with Crippen molar-refractivity contribution in [3.8, 4) is 0 Å². The van der Waals surface area contributed by atoms with Crippen molar-refractivity contribution in [1.29, 1.82) is 0 Å². The second-order valence-electron chi connectivity index (χ2n) is 5.54. The zero-order chi connectivity index (χ0) is 16.4. The van der Waals surface area contributed by atoms with Gasteiger partial charge in [-0.25, -0.2) is 17.5 Å².